The second-order valence-corrected chi connectivity index (χ2v) is 7.38. The van der Waals surface area contributed by atoms with Gasteiger partial charge in [0, 0.05) is 16.9 Å². The quantitative estimate of drug-likeness (QED) is 0.331. The van der Waals surface area contributed by atoms with Crippen LogP contribution in [0.15, 0.2) is 36.4 Å². The van der Waals surface area contributed by atoms with Crippen molar-refractivity contribution in [3.63, 3.8) is 0 Å². The van der Waals surface area contributed by atoms with Crippen LogP contribution in [0.5, 0.6) is 0 Å². The Kier molecular flexibility index (Phi) is 3.46. The number of hydrogen-bond acceptors (Lipinski definition) is 3. The van der Waals surface area contributed by atoms with Crippen molar-refractivity contribution in [2.24, 2.45) is 0 Å². The molecule has 4 heteroatoms. The molecule has 0 unspecified atom stereocenters. The lowest BCUT2D eigenvalue weighted by Gasteiger charge is -2.09. The molecule has 0 amide bonds. The van der Waals surface area contributed by atoms with Crippen LogP contribution < -0.4 is 3.53 Å². The second kappa shape index (κ2) is 5.35. The van der Waals surface area contributed by atoms with Crippen molar-refractivity contribution in [2.75, 3.05) is 3.53 Å². The molecule has 110 valence electrons. The third kappa shape index (κ3) is 2.25. The number of hydrogen-bond donors (Lipinski definition) is 1. The lowest BCUT2D eigenvalue weighted by molar-refractivity contribution is 1.30. The Bertz CT molecular complexity index is 883. The van der Waals surface area contributed by atoms with Gasteiger partial charge in [-0.1, -0.05) is 42.0 Å². The van der Waals surface area contributed by atoms with Gasteiger partial charge in [0.15, 0.2) is 5.13 Å². The summed E-state index contributed by atoms with van der Waals surface area (Å²) in [6.07, 6.45) is 0.999. The van der Waals surface area contributed by atoms with Gasteiger partial charge in [-0.3, -0.25) is 0 Å². The summed E-state index contributed by atoms with van der Waals surface area (Å²) < 4.78 is 3.12. The van der Waals surface area contributed by atoms with Gasteiger partial charge < -0.3 is 3.53 Å². The van der Waals surface area contributed by atoms with Crippen molar-refractivity contribution in [3.05, 3.63) is 58.0 Å². The normalized spacial score (nSPS) is 12.1. The number of nitrogens with zero attached hydrogens (tertiary/aromatic N) is 1. The standard InChI is InChI=1S/C18H15IN2S/c1-10-3-4-11(2)15(7-10)12-5-6-14-13(8-12)9-16-17(14)20-18(21-19)22-16/h3-8H,9H2,1-2H3,(H,20,21). The van der Waals surface area contributed by atoms with Crippen LogP contribution in [0.25, 0.3) is 22.4 Å². The summed E-state index contributed by atoms with van der Waals surface area (Å²) in [5.74, 6) is 0. The Labute approximate surface area is 148 Å². The molecule has 0 saturated carbocycles. The summed E-state index contributed by atoms with van der Waals surface area (Å²) >= 11 is 3.90. The number of thiazole rings is 1. The summed E-state index contributed by atoms with van der Waals surface area (Å²) in [4.78, 5) is 6.05. The summed E-state index contributed by atoms with van der Waals surface area (Å²) in [7, 11) is 0. The number of anilines is 1. The molecule has 1 aliphatic rings. The molecule has 1 N–H and O–H groups in total. The third-order valence-electron chi connectivity index (χ3n) is 4.19. The van der Waals surface area contributed by atoms with Crippen molar-refractivity contribution >= 4 is 39.3 Å². The minimum atomic E-state index is 0.995. The number of benzene rings is 2. The second-order valence-electron chi connectivity index (χ2n) is 5.75. The molecule has 0 fully saturated rings. The van der Waals surface area contributed by atoms with Crippen molar-refractivity contribution in [2.45, 2.75) is 20.3 Å². The Hall–Kier alpha value is -1.40. The van der Waals surface area contributed by atoms with Crippen molar-refractivity contribution < 1.29 is 0 Å². The molecule has 1 aliphatic carbocycles. The van der Waals surface area contributed by atoms with Gasteiger partial charge in [-0.05, 0) is 36.1 Å². The van der Waals surface area contributed by atoms with E-state index in [2.05, 4.69) is 81.6 Å². The maximum Gasteiger partial charge on any atom is 0.192 e. The van der Waals surface area contributed by atoms with E-state index in [9.17, 15) is 0 Å². The summed E-state index contributed by atoms with van der Waals surface area (Å²) in [6, 6.07) is 13.4. The van der Waals surface area contributed by atoms with Crippen molar-refractivity contribution in [3.8, 4) is 22.4 Å². The van der Waals surface area contributed by atoms with Crippen LogP contribution in [0, 0.1) is 13.8 Å². The molecule has 1 heterocycles. The molecule has 1 aromatic heterocycles. The predicted octanol–water partition coefficient (Wildman–Crippen LogP) is 5.76. The lowest BCUT2D eigenvalue weighted by Crippen LogP contribution is -1.88. The number of rotatable bonds is 2. The maximum absolute atomic E-state index is 4.68. The average molecular weight is 418 g/mol. The Morgan fingerprint density at radius 3 is 2.77 bits per heavy atom. The molecular weight excluding hydrogens is 403 g/mol. The van der Waals surface area contributed by atoms with E-state index < -0.39 is 0 Å². The first-order valence-electron chi connectivity index (χ1n) is 7.23. The predicted molar refractivity (Wildman–Crippen MR) is 103 cm³/mol. The van der Waals surface area contributed by atoms with Gasteiger partial charge >= 0.3 is 0 Å². The molecule has 2 aromatic carbocycles. The Balaban J connectivity index is 1.80. The number of aromatic nitrogens is 1. The monoisotopic (exact) mass is 418 g/mol. The first-order chi connectivity index (χ1) is 10.7. The van der Waals surface area contributed by atoms with Gasteiger partial charge in [0.2, 0.25) is 0 Å². The van der Waals surface area contributed by atoms with Crippen LogP contribution >= 0.6 is 34.2 Å². The minimum Gasteiger partial charge on any atom is -0.304 e. The molecule has 22 heavy (non-hydrogen) atoms. The van der Waals surface area contributed by atoms with Crippen LogP contribution in [-0.4, -0.2) is 4.98 Å². The maximum atomic E-state index is 4.68. The first kappa shape index (κ1) is 14.2. The van der Waals surface area contributed by atoms with E-state index in [1.165, 1.54) is 38.3 Å². The molecule has 0 spiro atoms. The molecule has 2 nitrogen and oxygen atoms in total. The van der Waals surface area contributed by atoms with Crippen LogP contribution in [0.1, 0.15) is 21.6 Å². The summed E-state index contributed by atoms with van der Waals surface area (Å²) in [6.45, 7) is 4.33. The largest absolute Gasteiger partial charge is 0.304 e. The SMILES string of the molecule is Cc1ccc(C)c(-c2ccc3c(c2)Cc2sc(NI)nc2-3)c1. The fourth-order valence-electron chi connectivity index (χ4n) is 3.08. The van der Waals surface area contributed by atoms with Crippen molar-refractivity contribution in [1.82, 2.24) is 4.98 Å². The van der Waals surface area contributed by atoms with E-state index in [0.717, 1.165) is 17.2 Å². The fraction of sp³-hybridized carbons (Fsp3) is 0.167. The van der Waals surface area contributed by atoms with Gasteiger partial charge in [-0.25, -0.2) is 4.98 Å². The first-order valence-corrected chi connectivity index (χ1v) is 9.12. The van der Waals surface area contributed by atoms with Gasteiger partial charge in [-0.15, -0.1) is 11.3 Å². The van der Waals surface area contributed by atoms with E-state index >= 15 is 0 Å². The topological polar surface area (TPSA) is 24.9 Å². The Morgan fingerprint density at radius 2 is 1.95 bits per heavy atom. The highest BCUT2D eigenvalue weighted by Crippen LogP contribution is 2.42. The van der Waals surface area contributed by atoms with E-state index in [0.29, 0.717) is 0 Å². The number of aryl methyl sites for hydroxylation is 2. The van der Waals surface area contributed by atoms with E-state index in [1.807, 2.05) is 0 Å². The molecule has 0 atom stereocenters. The zero-order chi connectivity index (χ0) is 15.3. The molecule has 0 saturated heterocycles. The van der Waals surface area contributed by atoms with Gasteiger partial charge in [-0.2, -0.15) is 0 Å². The summed E-state index contributed by atoms with van der Waals surface area (Å²) in [5, 5.41) is 0.995. The lowest BCUT2D eigenvalue weighted by atomic mass is 9.95. The highest BCUT2D eigenvalue weighted by molar-refractivity contribution is 14.1. The Morgan fingerprint density at radius 1 is 1.09 bits per heavy atom. The molecule has 0 bridgehead atoms. The fourth-order valence-corrected chi connectivity index (χ4v) is 4.42. The average Bonchev–Trinajstić information content (AvgIpc) is 3.06. The van der Waals surface area contributed by atoms with E-state index in [4.69, 9.17) is 0 Å². The highest BCUT2D eigenvalue weighted by atomic mass is 127. The van der Waals surface area contributed by atoms with Gasteiger partial charge in [0.25, 0.3) is 0 Å². The van der Waals surface area contributed by atoms with E-state index in [-0.39, 0.29) is 0 Å². The molecule has 3 aromatic rings. The van der Waals surface area contributed by atoms with Crippen molar-refractivity contribution in [1.29, 1.82) is 0 Å². The van der Waals surface area contributed by atoms with Crippen LogP contribution in [0.3, 0.4) is 0 Å². The molecule has 0 aliphatic heterocycles. The van der Waals surface area contributed by atoms with Crippen LogP contribution in [0.2, 0.25) is 0 Å². The minimum absolute atomic E-state index is 0.995. The smallest absolute Gasteiger partial charge is 0.192 e. The highest BCUT2D eigenvalue weighted by Gasteiger charge is 2.23. The zero-order valence-electron chi connectivity index (χ0n) is 12.4. The summed E-state index contributed by atoms with van der Waals surface area (Å²) in [5.41, 5.74) is 9.12. The molecule has 0 radical (unpaired) electrons. The number of fused-ring (bicyclic) bond motifs is 3. The number of nitrogens with one attached hydrogen (secondary N) is 1. The van der Waals surface area contributed by atoms with E-state index in [1.54, 1.807) is 11.3 Å². The van der Waals surface area contributed by atoms with Crippen LogP contribution in [0.4, 0.5) is 5.13 Å². The third-order valence-corrected chi connectivity index (χ3v) is 6.04. The van der Waals surface area contributed by atoms with Gasteiger partial charge in [0.05, 0.1) is 28.6 Å². The zero-order valence-corrected chi connectivity index (χ0v) is 15.4. The van der Waals surface area contributed by atoms with Crippen LogP contribution in [-0.2, 0) is 6.42 Å². The molecule has 4 rings (SSSR count). The van der Waals surface area contributed by atoms with Gasteiger partial charge in [0.1, 0.15) is 0 Å². The molecular formula is C18H15IN2S. The number of halogens is 1.